The van der Waals surface area contributed by atoms with Crippen LogP contribution in [-0.4, -0.2) is 44.5 Å². The van der Waals surface area contributed by atoms with Crippen LogP contribution >= 0.6 is 0 Å². The van der Waals surface area contributed by atoms with Gasteiger partial charge in [0.05, 0.1) is 13.2 Å². The largest absolute Gasteiger partial charge is 0.373 e. The van der Waals surface area contributed by atoms with E-state index in [1.165, 1.54) is 7.11 Å². The summed E-state index contributed by atoms with van der Waals surface area (Å²) in [4.78, 5) is 0. The molecule has 0 bridgehead atoms. The van der Waals surface area contributed by atoms with Gasteiger partial charge in [-0.15, -0.1) is 0 Å². The van der Waals surface area contributed by atoms with Crippen LogP contribution in [0.25, 0.3) is 0 Å². The van der Waals surface area contributed by atoms with Gasteiger partial charge < -0.3 is 23.7 Å². The molecule has 0 saturated carbocycles. The number of alkyl halides is 1. The van der Waals surface area contributed by atoms with Crippen molar-refractivity contribution in [1.82, 2.24) is 0 Å². The van der Waals surface area contributed by atoms with E-state index in [0.717, 1.165) is 11.1 Å². The summed E-state index contributed by atoms with van der Waals surface area (Å²) >= 11 is 0. The average Bonchev–Trinajstić information content (AvgIpc) is 2.73. The van der Waals surface area contributed by atoms with Crippen LogP contribution in [-0.2, 0) is 30.3 Å². The van der Waals surface area contributed by atoms with Crippen molar-refractivity contribution in [2.75, 3.05) is 13.7 Å². The number of methoxy groups -OCH3 is 1. The minimum atomic E-state index is -1.60. The van der Waals surface area contributed by atoms with Gasteiger partial charge in [-0.2, -0.15) is 0 Å². The number of hydrogen-bond donors (Lipinski definition) is 0. The topological polar surface area (TPSA) is 46.2 Å². The van der Waals surface area contributed by atoms with Crippen molar-refractivity contribution in [3.8, 4) is 0 Å². The Morgan fingerprint density at radius 1 is 0.963 bits per heavy atom. The molecule has 6 heteroatoms. The first-order valence-electron chi connectivity index (χ1n) is 9.06. The van der Waals surface area contributed by atoms with Crippen molar-refractivity contribution in [1.29, 1.82) is 0 Å². The predicted molar refractivity (Wildman–Crippen MR) is 95.6 cm³/mol. The minimum Gasteiger partial charge on any atom is -0.373 e. The van der Waals surface area contributed by atoms with Gasteiger partial charge in [-0.3, -0.25) is 0 Å². The molecular weight excluding hydrogens is 351 g/mol. The maximum Gasteiger partial charge on any atom is 0.228 e. The smallest absolute Gasteiger partial charge is 0.228 e. The molecule has 0 spiro atoms. The van der Waals surface area contributed by atoms with Gasteiger partial charge in [0.15, 0.2) is 6.29 Å². The molecule has 2 aliphatic rings. The third-order valence-corrected chi connectivity index (χ3v) is 4.90. The quantitative estimate of drug-likeness (QED) is 0.803. The monoisotopic (exact) mass is 374 g/mol. The van der Waals surface area contributed by atoms with E-state index >= 15 is 0 Å². The van der Waals surface area contributed by atoms with Crippen molar-refractivity contribution in [2.24, 2.45) is 0 Å². The number of halogens is 1. The molecule has 2 aromatic rings. The van der Waals surface area contributed by atoms with Crippen LogP contribution in [0, 0.1) is 0 Å². The molecule has 0 unspecified atom stereocenters. The van der Waals surface area contributed by atoms with Crippen LogP contribution in [0.2, 0.25) is 0 Å². The zero-order valence-electron chi connectivity index (χ0n) is 15.1. The highest BCUT2D eigenvalue weighted by Gasteiger charge is 2.51. The molecule has 2 aromatic carbocycles. The zero-order chi connectivity index (χ0) is 18.6. The molecule has 5 nitrogen and oxygen atoms in total. The number of benzene rings is 2. The van der Waals surface area contributed by atoms with E-state index < -0.39 is 37.1 Å². The van der Waals surface area contributed by atoms with E-state index in [-0.39, 0.29) is 6.61 Å². The van der Waals surface area contributed by atoms with E-state index in [2.05, 4.69) is 0 Å². The highest BCUT2D eigenvalue weighted by atomic mass is 19.1. The highest BCUT2D eigenvalue weighted by Crippen LogP contribution is 2.36. The Hall–Kier alpha value is -1.83. The normalized spacial score (nSPS) is 33.4. The Labute approximate surface area is 157 Å². The van der Waals surface area contributed by atoms with Crippen molar-refractivity contribution >= 4 is 0 Å². The first-order chi connectivity index (χ1) is 13.3. The van der Waals surface area contributed by atoms with Gasteiger partial charge in [0.2, 0.25) is 6.36 Å². The fourth-order valence-electron chi connectivity index (χ4n) is 3.52. The summed E-state index contributed by atoms with van der Waals surface area (Å²) in [5, 5.41) is 0. The first-order valence-corrected chi connectivity index (χ1v) is 9.06. The van der Waals surface area contributed by atoms with Gasteiger partial charge in [0, 0.05) is 12.7 Å². The number of hydrogen-bond acceptors (Lipinski definition) is 5. The van der Waals surface area contributed by atoms with E-state index in [0.29, 0.717) is 6.61 Å². The highest BCUT2D eigenvalue weighted by molar-refractivity contribution is 5.17. The molecule has 0 aromatic heterocycles. The summed E-state index contributed by atoms with van der Waals surface area (Å²) in [6.07, 6.45) is -4.68. The Balaban J connectivity index is 1.53. The molecule has 2 saturated heterocycles. The van der Waals surface area contributed by atoms with E-state index in [1.54, 1.807) is 0 Å². The van der Waals surface area contributed by atoms with E-state index in [4.69, 9.17) is 23.7 Å². The van der Waals surface area contributed by atoms with Crippen LogP contribution < -0.4 is 0 Å². The van der Waals surface area contributed by atoms with Gasteiger partial charge in [0.25, 0.3) is 0 Å². The Kier molecular flexibility index (Phi) is 5.80. The molecule has 4 rings (SSSR count). The summed E-state index contributed by atoms with van der Waals surface area (Å²) in [5.74, 6) is 0. The van der Waals surface area contributed by atoms with Crippen LogP contribution in [0.5, 0.6) is 0 Å². The Morgan fingerprint density at radius 3 is 2.37 bits per heavy atom. The second-order valence-corrected chi connectivity index (χ2v) is 6.66. The Bertz CT molecular complexity index is 713. The summed E-state index contributed by atoms with van der Waals surface area (Å²) < 4.78 is 43.2. The molecule has 2 heterocycles. The second kappa shape index (κ2) is 8.46. The SMILES string of the molecule is CO[C@H]1[C@@H](OCc2ccccc2)[C@@H]2O[C@H](c3ccccc3)OC[C@H]2O[C@@H]1F. The maximum absolute atomic E-state index is 14.5. The molecule has 0 radical (unpaired) electrons. The van der Waals surface area contributed by atoms with Crippen LogP contribution in [0.1, 0.15) is 17.4 Å². The lowest BCUT2D eigenvalue weighted by Crippen LogP contribution is -2.62. The molecule has 0 amide bonds. The lowest BCUT2D eigenvalue weighted by atomic mass is 9.97. The molecule has 0 aliphatic carbocycles. The zero-order valence-corrected chi connectivity index (χ0v) is 15.1. The van der Waals surface area contributed by atoms with Crippen molar-refractivity contribution in [3.05, 3.63) is 71.8 Å². The van der Waals surface area contributed by atoms with Gasteiger partial charge in [-0.05, 0) is 5.56 Å². The average molecular weight is 374 g/mol. The Morgan fingerprint density at radius 2 is 1.67 bits per heavy atom. The molecule has 27 heavy (non-hydrogen) atoms. The summed E-state index contributed by atoms with van der Waals surface area (Å²) in [7, 11) is 1.45. The van der Waals surface area contributed by atoms with Gasteiger partial charge in [0.1, 0.15) is 24.4 Å². The molecule has 0 N–H and O–H groups in total. The van der Waals surface area contributed by atoms with Crippen LogP contribution in [0.4, 0.5) is 4.39 Å². The van der Waals surface area contributed by atoms with Gasteiger partial charge >= 0.3 is 0 Å². The lowest BCUT2D eigenvalue weighted by Gasteiger charge is -2.47. The molecule has 2 aliphatic heterocycles. The molecule has 144 valence electrons. The second-order valence-electron chi connectivity index (χ2n) is 6.66. The van der Waals surface area contributed by atoms with Gasteiger partial charge in [-0.1, -0.05) is 60.7 Å². The van der Waals surface area contributed by atoms with Crippen molar-refractivity contribution < 1.29 is 28.1 Å². The van der Waals surface area contributed by atoms with Gasteiger partial charge in [-0.25, -0.2) is 4.39 Å². The molecule has 2 fully saturated rings. The van der Waals surface area contributed by atoms with E-state index in [9.17, 15) is 4.39 Å². The maximum atomic E-state index is 14.5. The predicted octanol–water partition coefficient (Wildman–Crippen LogP) is 3.40. The van der Waals surface area contributed by atoms with Crippen molar-refractivity contribution in [2.45, 2.75) is 43.7 Å². The number of rotatable bonds is 5. The summed E-state index contributed by atoms with van der Waals surface area (Å²) in [6.45, 7) is 0.563. The van der Waals surface area contributed by atoms with Crippen LogP contribution in [0.15, 0.2) is 60.7 Å². The van der Waals surface area contributed by atoms with E-state index in [1.807, 2.05) is 60.7 Å². The summed E-state index contributed by atoms with van der Waals surface area (Å²) in [5.41, 5.74) is 1.89. The first kappa shape index (κ1) is 18.5. The number of fused-ring (bicyclic) bond motifs is 1. The third kappa shape index (κ3) is 4.05. The molecular formula is C21H23FO5. The molecule has 6 atom stereocenters. The van der Waals surface area contributed by atoms with Crippen LogP contribution in [0.3, 0.4) is 0 Å². The number of ether oxygens (including phenoxy) is 5. The fraction of sp³-hybridized carbons (Fsp3) is 0.429. The minimum absolute atomic E-state index is 0.228. The third-order valence-electron chi connectivity index (χ3n) is 4.90. The summed E-state index contributed by atoms with van der Waals surface area (Å²) in [6, 6.07) is 19.4. The van der Waals surface area contributed by atoms with Crippen molar-refractivity contribution in [3.63, 3.8) is 0 Å². The lowest BCUT2D eigenvalue weighted by molar-refractivity contribution is -0.351. The standard InChI is InChI=1S/C21H23FO5/c1-23-19-18(24-12-14-8-4-2-5-9-14)17-16(26-20(19)22)13-25-21(27-17)15-10-6-3-7-11-15/h2-11,16-21H,12-13H2,1H3/t16-,17-,18+,19+,20+,21-/m1/s1. The fourth-order valence-corrected chi connectivity index (χ4v) is 3.52.